The van der Waals surface area contributed by atoms with E-state index < -0.39 is 0 Å². The van der Waals surface area contributed by atoms with Gasteiger partial charge in [-0.3, -0.25) is 4.79 Å². The van der Waals surface area contributed by atoms with Gasteiger partial charge in [0.1, 0.15) is 5.82 Å². The summed E-state index contributed by atoms with van der Waals surface area (Å²) in [6.45, 7) is 4.86. The molecule has 96 valence electrons. The Morgan fingerprint density at radius 2 is 2.00 bits per heavy atom. The summed E-state index contributed by atoms with van der Waals surface area (Å²) in [5.74, 6) is 0.775. The van der Waals surface area contributed by atoms with E-state index in [0.29, 0.717) is 0 Å². The lowest BCUT2D eigenvalue weighted by atomic mass is 10.2. The second-order valence-electron chi connectivity index (χ2n) is 4.28. The van der Waals surface area contributed by atoms with Crippen LogP contribution in [0.4, 0.5) is 5.82 Å². The fourth-order valence-corrected chi connectivity index (χ4v) is 1.89. The summed E-state index contributed by atoms with van der Waals surface area (Å²) in [4.78, 5) is 14.7. The molecule has 4 nitrogen and oxygen atoms in total. The Bertz CT molecular complexity index is 562. The number of aromatic amines is 1. The standard InChI is InChI=1S/C14H19N3O/c1-2-7-15-8-9-16-13-10-11-5-3-4-6-12(11)14(18)17-13/h3-6,10,15H,2,7-9H2,1H3,(H2,16,17,18). The Morgan fingerprint density at radius 1 is 1.17 bits per heavy atom. The molecule has 0 bridgehead atoms. The Balaban J connectivity index is 2.03. The maximum absolute atomic E-state index is 11.8. The van der Waals surface area contributed by atoms with E-state index in [1.165, 1.54) is 0 Å². The number of hydrogen-bond acceptors (Lipinski definition) is 3. The van der Waals surface area contributed by atoms with Gasteiger partial charge in [0.2, 0.25) is 0 Å². The third kappa shape index (κ3) is 3.11. The van der Waals surface area contributed by atoms with Crippen molar-refractivity contribution in [1.29, 1.82) is 0 Å². The molecule has 1 aromatic heterocycles. The lowest BCUT2D eigenvalue weighted by molar-refractivity contribution is 0.687. The van der Waals surface area contributed by atoms with Gasteiger partial charge in [0.25, 0.3) is 5.56 Å². The molecular formula is C14H19N3O. The van der Waals surface area contributed by atoms with Crippen LogP contribution in [0.1, 0.15) is 13.3 Å². The molecule has 0 aliphatic heterocycles. The predicted molar refractivity (Wildman–Crippen MR) is 76.2 cm³/mol. The number of nitrogens with one attached hydrogen (secondary N) is 3. The van der Waals surface area contributed by atoms with Crippen LogP contribution in [-0.2, 0) is 0 Å². The number of anilines is 1. The van der Waals surface area contributed by atoms with Gasteiger partial charge in [0, 0.05) is 18.5 Å². The van der Waals surface area contributed by atoms with Crippen molar-refractivity contribution in [3.8, 4) is 0 Å². The fourth-order valence-electron chi connectivity index (χ4n) is 1.89. The van der Waals surface area contributed by atoms with Crippen LogP contribution in [-0.4, -0.2) is 24.6 Å². The molecule has 18 heavy (non-hydrogen) atoms. The Morgan fingerprint density at radius 3 is 2.83 bits per heavy atom. The van der Waals surface area contributed by atoms with Crippen LogP contribution in [0.2, 0.25) is 0 Å². The summed E-state index contributed by atoms with van der Waals surface area (Å²) in [7, 11) is 0. The van der Waals surface area contributed by atoms with Crippen molar-refractivity contribution in [3.05, 3.63) is 40.7 Å². The Kier molecular flexibility index (Phi) is 4.36. The second kappa shape index (κ2) is 6.21. The molecular weight excluding hydrogens is 226 g/mol. The average molecular weight is 245 g/mol. The van der Waals surface area contributed by atoms with E-state index in [1.54, 1.807) is 0 Å². The van der Waals surface area contributed by atoms with E-state index >= 15 is 0 Å². The third-order valence-corrected chi connectivity index (χ3v) is 2.80. The van der Waals surface area contributed by atoms with E-state index in [2.05, 4.69) is 22.5 Å². The first-order valence-electron chi connectivity index (χ1n) is 6.38. The summed E-state index contributed by atoms with van der Waals surface area (Å²) in [6, 6.07) is 9.57. The molecule has 1 aromatic carbocycles. The maximum Gasteiger partial charge on any atom is 0.257 e. The number of aromatic nitrogens is 1. The van der Waals surface area contributed by atoms with Gasteiger partial charge in [0.05, 0.1) is 0 Å². The van der Waals surface area contributed by atoms with Crippen LogP contribution < -0.4 is 16.2 Å². The van der Waals surface area contributed by atoms with Crippen molar-refractivity contribution in [2.75, 3.05) is 25.0 Å². The monoisotopic (exact) mass is 245 g/mol. The highest BCUT2D eigenvalue weighted by Gasteiger charge is 2.00. The number of benzene rings is 1. The van der Waals surface area contributed by atoms with E-state index in [1.807, 2.05) is 30.3 Å². The van der Waals surface area contributed by atoms with Crippen LogP contribution in [0.25, 0.3) is 10.8 Å². The SMILES string of the molecule is CCCNCCNc1cc2ccccc2c(=O)[nH]1. The summed E-state index contributed by atoms with van der Waals surface area (Å²) >= 11 is 0. The van der Waals surface area contributed by atoms with Gasteiger partial charge in [-0.25, -0.2) is 0 Å². The smallest absolute Gasteiger partial charge is 0.257 e. The summed E-state index contributed by atoms with van der Waals surface area (Å²) in [6.07, 6.45) is 1.13. The molecule has 0 radical (unpaired) electrons. The Hall–Kier alpha value is -1.81. The topological polar surface area (TPSA) is 56.9 Å². The molecule has 0 atom stereocenters. The number of rotatable bonds is 6. The van der Waals surface area contributed by atoms with E-state index in [-0.39, 0.29) is 5.56 Å². The maximum atomic E-state index is 11.8. The molecule has 0 unspecified atom stereocenters. The lowest BCUT2D eigenvalue weighted by Gasteiger charge is -2.08. The zero-order chi connectivity index (χ0) is 12.8. The van der Waals surface area contributed by atoms with Gasteiger partial charge < -0.3 is 15.6 Å². The molecule has 0 spiro atoms. The molecule has 2 aromatic rings. The molecule has 0 saturated heterocycles. The first kappa shape index (κ1) is 12.6. The van der Waals surface area contributed by atoms with Gasteiger partial charge in [0.15, 0.2) is 0 Å². The van der Waals surface area contributed by atoms with E-state index in [4.69, 9.17) is 0 Å². The Labute approximate surface area is 106 Å². The number of H-pyrrole nitrogens is 1. The van der Waals surface area contributed by atoms with Gasteiger partial charge in [-0.1, -0.05) is 25.1 Å². The van der Waals surface area contributed by atoms with Crippen LogP contribution in [0, 0.1) is 0 Å². The highest BCUT2D eigenvalue weighted by atomic mass is 16.1. The molecule has 0 aliphatic carbocycles. The average Bonchev–Trinajstić information content (AvgIpc) is 2.39. The summed E-state index contributed by atoms with van der Waals surface area (Å²) in [5.41, 5.74) is -0.0443. The van der Waals surface area contributed by atoms with Crippen molar-refractivity contribution in [1.82, 2.24) is 10.3 Å². The van der Waals surface area contributed by atoms with Crippen molar-refractivity contribution >= 4 is 16.6 Å². The highest BCUT2D eigenvalue weighted by Crippen LogP contribution is 2.12. The van der Waals surface area contributed by atoms with Gasteiger partial charge >= 0.3 is 0 Å². The summed E-state index contributed by atoms with van der Waals surface area (Å²) in [5, 5.41) is 8.21. The number of hydrogen-bond donors (Lipinski definition) is 3. The predicted octanol–water partition coefficient (Wildman–Crippen LogP) is 1.94. The van der Waals surface area contributed by atoms with Crippen molar-refractivity contribution in [2.24, 2.45) is 0 Å². The second-order valence-corrected chi connectivity index (χ2v) is 4.28. The molecule has 0 saturated carbocycles. The molecule has 4 heteroatoms. The van der Waals surface area contributed by atoms with E-state index in [9.17, 15) is 4.79 Å². The molecule has 1 heterocycles. The first-order chi connectivity index (χ1) is 8.81. The van der Waals surface area contributed by atoms with Gasteiger partial charge in [-0.15, -0.1) is 0 Å². The van der Waals surface area contributed by atoms with Crippen LogP contribution in [0.3, 0.4) is 0 Å². The molecule has 0 aliphatic rings. The van der Waals surface area contributed by atoms with Crippen LogP contribution in [0.15, 0.2) is 35.1 Å². The third-order valence-electron chi connectivity index (χ3n) is 2.80. The zero-order valence-corrected chi connectivity index (χ0v) is 10.6. The van der Waals surface area contributed by atoms with Crippen molar-refractivity contribution < 1.29 is 0 Å². The highest BCUT2D eigenvalue weighted by molar-refractivity contribution is 5.83. The van der Waals surface area contributed by atoms with Crippen LogP contribution in [0.5, 0.6) is 0 Å². The first-order valence-corrected chi connectivity index (χ1v) is 6.38. The fraction of sp³-hybridized carbons (Fsp3) is 0.357. The molecule has 0 fully saturated rings. The summed E-state index contributed by atoms with van der Waals surface area (Å²) < 4.78 is 0. The van der Waals surface area contributed by atoms with Crippen molar-refractivity contribution in [2.45, 2.75) is 13.3 Å². The molecule has 3 N–H and O–H groups in total. The van der Waals surface area contributed by atoms with Crippen LogP contribution >= 0.6 is 0 Å². The normalized spacial score (nSPS) is 10.7. The minimum atomic E-state index is -0.0443. The van der Waals surface area contributed by atoms with Gasteiger partial charge in [-0.2, -0.15) is 0 Å². The van der Waals surface area contributed by atoms with E-state index in [0.717, 1.165) is 42.6 Å². The number of pyridine rings is 1. The molecule has 0 amide bonds. The number of fused-ring (bicyclic) bond motifs is 1. The zero-order valence-electron chi connectivity index (χ0n) is 10.6. The minimum Gasteiger partial charge on any atom is -0.370 e. The largest absolute Gasteiger partial charge is 0.370 e. The minimum absolute atomic E-state index is 0.0443. The molecule has 2 rings (SSSR count). The van der Waals surface area contributed by atoms with Crippen molar-refractivity contribution in [3.63, 3.8) is 0 Å². The lowest BCUT2D eigenvalue weighted by Crippen LogP contribution is -2.23. The van der Waals surface area contributed by atoms with Gasteiger partial charge in [-0.05, 0) is 30.5 Å². The quantitative estimate of drug-likeness (QED) is 0.682.